The Labute approximate surface area is 153 Å². The summed E-state index contributed by atoms with van der Waals surface area (Å²) in [5, 5.41) is 3.84. The Hall–Kier alpha value is -2.15. The van der Waals surface area contributed by atoms with Crippen molar-refractivity contribution in [3.63, 3.8) is 0 Å². The first kappa shape index (κ1) is 17.7. The highest BCUT2D eigenvalue weighted by molar-refractivity contribution is 7.98. The van der Waals surface area contributed by atoms with Crippen LogP contribution in [0.2, 0.25) is 0 Å². The molecule has 0 atom stereocenters. The summed E-state index contributed by atoms with van der Waals surface area (Å²) in [6.45, 7) is 2.01. The Morgan fingerprint density at radius 2 is 1.88 bits per heavy atom. The van der Waals surface area contributed by atoms with Crippen molar-refractivity contribution in [2.45, 2.75) is 30.2 Å². The lowest BCUT2D eigenvalue weighted by Crippen LogP contribution is -2.31. The fourth-order valence-electron chi connectivity index (χ4n) is 2.91. The maximum Gasteiger partial charge on any atom is 0.191 e. The highest BCUT2D eigenvalue weighted by Gasteiger charge is 2.19. The standard InChI is InChI=1S/C18H25N5OS/c1-20-16-15(19)17(23-10-4-3-5-11-23)22-18(21-16)25-12-13-6-8-14(24-2)9-7-13/h6-9H,3-5,10-12,19H2,1-2H3,(H,20,21,22). The Bertz CT molecular complexity index is 701. The minimum atomic E-state index is 0.637. The average Bonchev–Trinajstić information content (AvgIpc) is 2.68. The van der Waals surface area contributed by atoms with Gasteiger partial charge in [-0.3, -0.25) is 0 Å². The Balaban J connectivity index is 1.77. The van der Waals surface area contributed by atoms with Crippen molar-refractivity contribution in [3.8, 4) is 5.75 Å². The molecule has 0 amide bonds. The highest BCUT2D eigenvalue weighted by Crippen LogP contribution is 2.32. The molecule has 1 aromatic carbocycles. The van der Waals surface area contributed by atoms with Gasteiger partial charge < -0.3 is 20.7 Å². The van der Waals surface area contributed by atoms with E-state index < -0.39 is 0 Å². The molecule has 0 bridgehead atoms. The number of hydrogen-bond acceptors (Lipinski definition) is 7. The van der Waals surface area contributed by atoms with Gasteiger partial charge in [0.2, 0.25) is 0 Å². The molecule has 0 saturated carbocycles. The lowest BCUT2D eigenvalue weighted by Gasteiger charge is -2.29. The van der Waals surface area contributed by atoms with Crippen molar-refractivity contribution in [1.29, 1.82) is 0 Å². The zero-order valence-corrected chi connectivity index (χ0v) is 15.6. The summed E-state index contributed by atoms with van der Waals surface area (Å²) in [7, 11) is 3.52. The van der Waals surface area contributed by atoms with E-state index in [1.807, 2.05) is 19.2 Å². The van der Waals surface area contributed by atoms with E-state index in [1.54, 1.807) is 18.9 Å². The number of ether oxygens (including phenoxy) is 1. The van der Waals surface area contributed by atoms with Crippen molar-refractivity contribution in [1.82, 2.24) is 9.97 Å². The monoisotopic (exact) mass is 359 g/mol. The van der Waals surface area contributed by atoms with E-state index >= 15 is 0 Å². The zero-order valence-electron chi connectivity index (χ0n) is 14.8. The van der Waals surface area contributed by atoms with Gasteiger partial charge in [-0.2, -0.15) is 0 Å². The molecule has 1 fully saturated rings. The molecule has 2 heterocycles. The quantitative estimate of drug-likeness (QED) is 0.605. The number of hydrogen-bond donors (Lipinski definition) is 2. The second kappa shape index (κ2) is 8.29. The molecule has 3 N–H and O–H groups in total. The maximum atomic E-state index is 6.28. The molecule has 25 heavy (non-hydrogen) atoms. The van der Waals surface area contributed by atoms with Gasteiger partial charge in [0.25, 0.3) is 0 Å². The summed E-state index contributed by atoms with van der Waals surface area (Å²) < 4.78 is 5.20. The Morgan fingerprint density at radius 1 is 1.16 bits per heavy atom. The molecule has 7 heteroatoms. The van der Waals surface area contributed by atoms with Crippen LogP contribution in [-0.4, -0.2) is 37.2 Å². The molecule has 1 saturated heterocycles. The first-order valence-electron chi connectivity index (χ1n) is 8.57. The summed E-state index contributed by atoms with van der Waals surface area (Å²) in [4.78, 5) is 11.6. The number of nitrogens with zero attached hydrogens (tertiary/aromatic N) is 3. The third kappa shape index (κ3) is 4.28. The van der Waals surface area contributed by atoms with Crippen LogP contribution in [0.1, 0.15) is 24.8 Å². The number of methoxy groups -OCH3 is 1. The van der Waals surface area contributed by atoms with E-state index in [-0.39, 0.29) is 0 Å². The van der Waals surface area contributed by atoms with Crippen molar-refractivity contribution in [3.05, 3.63) is 29.8 Å². The van der Waals surface area contributed by atoms with Crippen molar-refractivity contribution in [2.75, 3.05) is 43.2 Å². The number of nitrogens with two attached hydrogens (primary N) is 1. The third-order valence-corrected chi connectivity index (χ3v) is 5.24. The first-order valence-corrected chi connectivity index (χ1v) is 9.55. The predicted molar refractivity (Wildman–Crippen MR) is 105 cm³/mol. The molecule has 2 aromatic rings. The van der Waals surface area contributed by atoms with Gasteiger partial charge in [-0.05, 0) is 37.0 Å². The molecule has 0 unspecified atom stereocenters. The number of nitrogen functional groups attached to an aromatic ring is 1. The molecular weight excluding hydrogens is 334 g/mol. The molecule has 1 aliphatic heterocycles. The fraction of sp³-hybridized carbons (Fsp3) is 0.444. The summed E-state index contributed by atoms with van der Waals surface area (Å²) >= 11 is 1.62. The topological polar surface area (TPSA) is 76.3 Å². The minimum absolute atomic E-state index is 0.637. The lowest BCUT2D eigenvalue weighted by atomic mass is 10.1. The molecule has 1 aliphatic rings. The average molecular weight is 359 g/mol. The van der Waals surface area contributed by atoms with E-state index in [9.17, 15) is 0 Å². The van der Waals surface area contributed by atoms with Gasteiger partial charge >= 0.3 is 0 Å². The fourth-order valence-corrected chi connectivity index (χ4v) is 3.70. The molecule has 1 aromatic heterocycles. The molecular formula is C18H25N5OS. The van der Waals surface area contributed by atoms with Crippen molar-refractivity contribution in [2.24, 2.45) is 0 Å². The largest absolute Gasteiger partial charge is 0.497 e. The second-order valence-electron chi connectivity index (χ2n) is 6.03. The summed E-state index contributed by atoms with van der Waals surface area (Å²) in [6, 6.07) is 8.07. The number of anilines is 3. The number of nitrogens with one attached hydrogen (secondary N) is 1. The van der Waals surface area contributed by atoms with E-state index in [1.165, 1.54) is 24.8 Å². The van der Waals surface area contributed by atoms with Gasteiger partial charge in [0.1, 0.15) is 11.4 Å². The Morgan fingerprint density at radius 3 is 2.52 bits per heavy atom. The molecule has 0 radical (unpaired) electrons. The molecule has 0 aliphatic carbocycles. The first-order chi connectivity index (χ1) is 12.2. The van der Waals surface area contributed by atoms with E-state index in [4.69, 9.17) is 15.5 Å². The number of benzene rings is 1. The van der Waals surface area contributed by atoms with Crippen LogP contribution >= 0.6 is 11.8 Å². The van der Waals surface area contributed by atoms with Crippen LogP contribution in [0, 0.1) is 0 Å². The van der Waals surface area contributed by atoms with Gasteiger partial charge in [-0.15, -0.1) is 0 Å². The number of piperidine rings is 1. The van der Waals surface area contributed by atoms with Crippen molar-refractivity contribution >= 4 is 29.1 Å². The smallest absolute Gasteiger partial charge is 0.191 e. The zero-order chi connectivity index (χ0) is 17.6. The van der Waals surface area contributed by atoms with E-state index in [0.717, 1.165) is 35.6 Å². The normalized spacial score (nSPS) is 14.4. The molecule has 6 nitrogen and oxygen atoms in total. The summed E-state index contributed by atoms with van der Waals surface area (Å²) in [5.41, 5.74) is 8.12. The number of aromatic nitrogens is 2. The van der Waals surface area contributed by atoms with Crippen LogP contribution in [0.15, 0.2) is 29.4 Å². The van der Waals surface area contributed by atoms with Crippen LogP contribution in [0.4, 0.5) is 17.3 Å². The van der Waals surface area contributed by atoms with Gasteiger partial charge in [-0.1, -0.05) is 23.9 Å². The minimum Gasteiger partial charge on any atom is -0.497 e. The third-order valence-electron chi connectivity index (χ3n) is 4.32. The van der Waals surface area contributed by atoms with Gasteiger partial charge in [-0.25, -0.2) is 9.97 Å². The van der Waals surface area contributed by atoms with Gasteiger partial charge in [0.15, 0.2) is 16.8 Å². The van der Waals surface area contributed by atoms with Gasteiger partial charge in [0, 0.05) is 25.9 Å². The van der Waals surface area contributed by atoms with Crippen molar-refractivity contribution < 1.29 is 4.74 Å². The highest BCUT2D eigenvalue weighted by atomic mass is 32.2. The van der Waals surface area contributed by atoms with Crippen LogP contribution in [0.25, 0.3) is 0 Å². The predicted octanol–water partition coefficient (Wildman–Crippen LogP) is 3.39. The number of thioether (sulfide) groups is 1. The molecule has 0 spiro atoms. The summed E-state index contributed by atoms with van der Waals surface area (Å²) in [6.07, 6.45) is 3.65. The lowest BCUT2D eigenvalue weighted by molar-refractivity contribution is 0.414. The molecule has 134 valence electrons. The summed E-state index contributed by atoms with van der Waals surface area (Å²) in [5.74, 6) is 3.22. The number of rotatable bonds is 6. The maximum absolute atomic E-state index is 6.28. The van der Waals surface area contributed by atoms with E-state index in [2.05, 4.69) is 27.3 Å². The Kier molecular flexibility index (Phi) is 5.86. The van der Waals surface area contributed by atoms with E-state index in [0.29, 0.717) is 11.5 Å². The van der Waals surface area contributed by atoms with Crippen LogP contribution < -0.4 is 20.7 Å². The van der Waals surface area contributed by atoms with Crippen LogP contribution in [0.5, 0.6) is 5.75 Å². The SMILES string of the molecule is CNc1nc(SCc2ccc(OC)cc2)nc(N2CCCCC2)c1N. The van der Waals surface area contributed by atoms with Crippen LogP contribution in [0.3, 0.4) is 0 Å². The molecule has 3 rings (SSSR count). The van der Waals surface area contributed by atoms with Crippen LogP contribution in [-0.2, 0) is 5.75 Å². The van der Waals surface area contributed by atoms with Gasteiger partial charge in [0.05, 0.1) is 7.11 Å². The second-order valence-corrected chi connectivity index (χ2v) is 6.97.